The highest BCUT2D eigenvalue weighted by atomic mass is 32.2. The molecule has 0 aliphatic rings. The van der Waals surface area contributed by atoms with Gasteiger partial charge >= 0.3 is 0 Å². The number of nitrogens with two attached hydrogens (primary N) is 2. The van der Waals surface area contributed by atoms with Crippen molar-refractivity contribution in [2.75, 3.05) is 25.1 Å². The number of benzene rings is 4. The minimum absolute atomic E-state index is 0.0793. The Morgan fingerprint density at radius 1 is 0.630 bits per heavy atom. The molecule has 0 heterocycles. The van der Waals surface area contributed by atoms with Gasteiger partial charge in [0, 0.05) is 25.3 Å². The Labute approximate surface area is 322 Å². The van der Waals surface area contributed by atoms with Crippen molar-refractivity contribution in [1.82, 2.24) is 21.3 Å². The van der Waals surface area contributed by atoms with Gasteiger partial charge in [-0.3, -0.25) is 24.2 Å². The third-order valence-corrected chi connectivity index (χ3v) is 9.36. The average Bonchev–Trinajstić information content (AvgIpc) is 3.18. The van der Waals surface area contributed by atoms with Gasteiger partial charge in [0.2, 0.25) is 23.6 Å². The molecule has 0 fully saturated rings. The molecule has 3 atom stereocenters. The van der Waals surface area contributed by atoms with Gasteiger partial charge in [-0.25, -0.2) is 0 Å². The first kappa shape index (κ1) is 41.1. The lowest BCUT2D eigenvalue weighted by Gasteiger charge is -2.25. The number of aliphatic imine (C=N–C) groups is 1. The molecule has 4 aromatic rings. The van der Waals surface area contributed by atoms with Crippen molar-refractivity contribution in [3.63, 3.8) is 0 Å². The highest BCUT2D eigenvalue weighted by molar-refractivity contribution is 7.98. The topological polar surface area (TPSA) is 181 Å². The zero-order chi connectivity index (χ0) is 38.5. The van der Waals surface area contributed by atoms with Crippen molar-refractivity contribution in [1.29, 1.82) is 0 Å². The summed E-state index contributed by atoms with van der Waals surface area (Å²) in [4.78, 5) is 58.3. The number of carbonyl (C=O) groups excluding carboxylic acids is 4. The van der Waals surface area contributed by atoms with Crippen LogP contribution in [0.3, 0.4) is 0 Å². The van der Waals surface area contributed by atoms with E-state index in [-0.39, 0.29) is 49.3 Å². The number of rotatable bonds is 21. The predicted octanol–water partition coefficient (Wildman–Crippen LogP) is 3.76. The van der Waals surface area contributed by atoms with E-state index >= 15 is 0 Å². The minimum Gasteiger partial charge on any atom is -0.370 e. The van der Waals surface area contributed by atoms with E-state index in [1.165, 1.54) is 17.3 Å². The van der Waals surface area contributed by atoms with Gasteiger partial charge in [-0.1, -0.05) is 115 Å². The molecule has 0 saturated heterocycles. The van der Waals surface area contributed by atoms with Crippen LogP contribution in [-0.2, 0) is 38.4 Å². The van der Waals surface area contributed by atoms with E-state index in [0.717, 1.165) is 35.1 Å². The quantitative estimate of drug-likeness (QED) is 0.0426. The van der Waals surface area contributed by atoms with Crippen LogP contribution in [0.4, 0.5) is 0 Å². The summed E-state index contributed by atoms with van der Waals surface area (Å²) in [5.74, 6) is -1.48. The summed E-state index contributed by atoms with van der Waals surface area (Å²) < 4.78 is 0. The average molecular weight is 750 g/mol. The summed E-state index contributed by atoms with van der Waals surface area (Å²) in [5.41, 5.74) is 16.0. The Balaban J connectivity index is 1.42. The van der Waals surface area contributed by atoms with Crippen molar-refractivity contribution < 1.29 is 19.2 Å². The Morgan fingerprint density at radius 2 is 1.20 bits per heavy atom. The second-order valence-electron chi connectivity index (χ2n) is 13.0. The van der Waals surface area contributed by atoms with Crippen LogP contribution in [0.5, 0.6) is 0 Å². The monoisotopic (exact) mass is 749 g/mol. The van der Waals surface area contributed by atoms with Crippen LogP contribution < -0.4 is 32.7 Å². The van der Waals surface area contributed by atoms with Gasteiger partial charge in [0.1, 0.15) is 18.1 Å². The number of hydrogen-bond acceptors (Lipinski definition) is 6. The lowest BCUT2D eigenvalue weighted by Crippen LogP contribution is -2.57. The van der Waals surface area contributed by atoms with E-state index < -0.39 is 29.9 Å². The fourth-order valence-corrected chi connectivity index (χ4v) is 6.44. The molecule has 11 nitrogen and oxygen atoms in total. The number of guanidine groups is 1. The number of aryl methyl sites for hydroxylation is 1. The van der Waals surface area contributed by atoms with Gasteiger partial charge in [0.15, 0.2) is 5.96 Å². The molecule has 284 valence electrons. The second-order valence-corrected chi connectivity index (χ2v) is 13.9. The highest BCUT2D eigenvalue weighted by Gasteiger charge is 2.29. The molecule has 12 heteroatoms. The molecule has 4 rings (SSSR count). The lowest BCUT2D eigenvalue weighted by molar-refractivity contribution is -0.133. The van der Waals surface area contributed by atoms with Crippen LogP contribution in [0.25, 0.3) is 11.1 Å². The zero-order valence-electron chi connectivity index (χ0n) is 30.7. The summed E-state index contributed by atoms with van der Waals surface area (Å²) in [6, 6.07) is 34.3. The summed E-state index contributed by atoms with van der Waals surface area (Å²) in [6.07, 6.45) is 4.27. The maximum Gasteiger partial charge on any atom is 0.244 e. The number of hydrogen-bond donors (Lipinski definition) is 6. The first-order valence-corrected chi connectivity index (χ1v) is 19.6. The van der Waals surface area contributed by atoms with Crippen LogP contribution in [0, 0.1) is 0 Å². The first-order valence-electron chi connectivity index (χ1n) is 18.2. The van der Waals surface area contributed by atoms with Gasteiger partial charge in [-0.15, -0.1) is 0 Å². The van der Waals surface area contributed by atoms with Gasteiger partial charge in [0.05, 0.1) is 6.42 Å². The molecular formula is C42H51N7O4S. The summed E-state index contributed by atoms with van der Waals surface area (Å²) in [6.45, 7) is 0.673. The van der Waals surface area contributed by atoms with Crippen LogP contribution in [-0.4, -0.2) is 72.8 Å². The Hall–Kier alpha value is -5.62. The van der Waals surface area contributed by atoms with Crippen molar-refractivity contribution in [2.45, 2.75) is 56.7 Å². The largest absolute Gasteiger partial charge is 0.370 e. The van der Waals surface area contributed by atoms with E-state index in [1.54, 1.807) is 0 Å². The standard InChI is InChI=1S/C42H51N7O4S/c1-54-29-37(47-38(50)28-32-21-23-34(24-22-32)33-18-9-4-10-19-33)41(53)48-35(20-12-26-46-42(43)44)40(52)49-36(27-31-15-7-3-8-16-31)39(51)45-25-11-17-30-13-5-2-6-14-30/h2-10,13-16,18-19,21-24,35-37H,11-12,17,20,25-29H2,1H3,(H,45,51)(H,47,50)(H,48,53)(H,49,52)(H4,43,44,46)/t35-,36+,37+/m1/s1. The van der Waals surface area contributed by atoms with Crippen molar-refractivity contribution in [3.8, 4) is 11.1 Å². The smallest absolute Gasteiger partial charge is 0.244 e. The van der Waals surface area contributed by atoms with Gasteiger partial charge in [-0.2, -0.15) is 11.8 Å². The van der Waals surface area contributed by atoms with Crippen LogP contribution in [0.15, 0.2) is 120 Å². The van der Waals surface area contributed by atoms with E-state index in [4.69, 9.17) is 11.5 Å². The Kier molecular flexibility index (Phi) is 17.1. The first-order chi connectivity index (χ1) is 26.2. The van der Waals surface area contributed by atoms with Crippen molar-refractivity contribution in [2.24, 2.45) is 16.5 Å². The molecule has 0 saturated carbocycles. The molecule has 0 bridgehead atoms. The molecule has 54 heavy (non-hydrogen) atoms. The molecular weight excluding hydrogens is 699 g/mol. The van der Waals surface area contributed by atoms with E-state index in [0.29, 0.717) is 13.0 Å². The molecule has 0 radical (unpaired) electrons. The molecule has 0 aliphatic heterocycles. The Bertz CT molecular complexity index is 1790. The molecule has 8 N–H and O–H groups in total. The van der Waals surface area contributed by atoms with Gasteiger partial charge < -0.3 is 32.7 Å². The third-order valence-electron chi connectivity index (χ3n) is 8.69. The fraction of sp³-hybridized carbons (Fsp3) is 0.310. The Morgan fingerprint density at radius 3 is 1.83 bits per heavy atom. The predicted molar refractivity (Wildman–Crippen MR) is 218 cm³/mol. The van der Waals surface area contributed by atoms with E-state index in [2.05, 4.69) is 26.3 Å². The summed E-state index contributed by atoms with van der Waals surface area (Å²) in [5, 5.41) is 11.6. The number of nitrogens with zero attached hydrogens (tertiary/aromatic N) is 1. The van der Waals surface area contributed by atoms with Crippen LogP contribution in [0.1, 0.15) is 36.0 Å². The number of carbonyl (C=O) groups is 4. The van der Waals surface area contributed by atoms with Gasteiger partial charge in [-0.05, 0) is 59.8 Å². The fourth-order valence-electron chi connectivity index (χ4n) is 5.87. The number of thioether (sulfide) groups is 1. The summed E-state index contributed by atoms with van der Waals surface area (Å²) >= 11 is 1.40. The number of nitrogens with one attached hydrogen (secondary N) is 4. The van der Waals surface area contributed by atoms with Gasteiger partial charge in [0.25, 0.3) is 0 Å². The molecule has 4 amide bonds. The number of amides is 4. The molecule has 0 aromatic heterocycles. The van der Waals surface area contributed by atoms with Crippen LogP contribution in [0.2, 0.25) is 0 Å². The maximum absolute atomic E-state index is 13.9. The van der Waals surface area contributed by atoms with E-state index in [1.807, 2.05) is 122 Å². The molecule has 0 unspecified atom stereocenters. The maximum atomic E-state index is 13.9. The van der Waals surface area contributed by atoms with E-state index in [9.17, 15) is 19.2 Å². The SMILES string of the molecule is CSC[C@H](NC(=O)Cc1ccc(-c2ccccc2)cc1)C(=O)N[C@H](CCCN=C(N)N)C(=O)N[C@@H](Cc1ccccc1)C(=O)NCCCc1ccccc1. The summed E-state index contributed by atoms with van der Waals surface area (Å²) in [7, 11) is 0. The van der Waals surface area contributed by atoms with Crippen molar-refractivity contribution in [3.05, 3.63) is 132 Å². The zero-order valence-corrected chi connectivity index (χ0v) is 31.5. The normalized spacial score (nSPS) is 12.4. The minimum atomic E-state index is -1.03. The van der Waals surface area contributed by atoms with Crippen molar-refractivity contribution >= 4 is 41.4 Å². The second kappa shape index (κ2) is 22.4. The molecule has 0 aliphatic carbocycles. The molecule has 0 spiro atoms. The van der Waals surface area contributed by atoms with Crippen LogP contribution >= 0.6 is 11.8 Å². The third kappa shape index (κ3) is 14.4. The molecule has 4 aromatic carbocycles. The highest BCUT2D eigenvalue weighted by Crippen LogP contribution is 2.19. The lowest BCUT2D eigenvalue weighted by atomic mass is 10.0.